The molecule has 0 spiro atoms. The van der Waals surface area contributed by atoms with Gasteiger partial charge in [-0.1, -0.05) is 52.0 Å². The monoisotopic (exact) mass is 507 g/mol. The van der Waals surface area contributed by atoms with Crippen molar-refractivity contribution in [3.63, 3.8) is 0 Å². The number of rotatable bonds is 6. The number of carbonyl (C=O) groups is 2. The molecule has 10 heteroatoms. The quantitative estimate of drug-likeness (QED) is 0.378. The molecule has 2 aromatic heterocycles. The van der Waals surface area contributed by atoms with Gasteiger partial charge in [0.1, 0.15) is 4.32 Å². The Morgan fingerprint density at radius 2 is 2.07 bits per heavy atom. The molecule has 1 aliphatic rings. The summed E-state index contributed by atoms with van der Waals surface area (Å²) in [4.78, 5) is 31.2. The fraction of sp³-hybridized carbons (Fsp3) is 0.158. The van der Waals surface area contributed by atoms with Crippen LogP contribution in [0, 0.1) is 0 Å². The molecule has 0 unspecified atom stereocenters. The van der Waals surface area contributed by atoms with E-state index in [1.165, 1.54) is 28.0 Å². The van der Waals surface area contributed by atoms with E-state index in [4.69, 9.17) is 22.3 Å². The number of hydrogen-bond donors (Lipinski definition) is 1. The second-order valence-electron chi connectivity index (χ2n) is 6.24. The van der Waals surface area contributed by atoms with Gasteiger partial charge in [0, 0.05) is 34.6 Å². The summed E-state index contributed by atoms with van der Waals surface area (Å²) in [5.41, 5.74) is 2.56. The van der Waals surface area contributed by atoms with Gasteiger partial charge in [0.15, 0.2) is 4.96 Å². The lowest BCUT2D eigenvalue weighted by molar-refractivity contribution is -0.137. The number of thiazole rings is 1. The van der Waals surface area contributed by atoms with E-state index in [0.717, 1.165) is 26.4 Å². The largest absolute Gasteiger partial charge is 0.481 e. The summed E-state index contributed by atoms with van der Waals surface area (Å²) in [7, 11) is 0. The van der Waals surface area contributed by atoms with Crippen LogP contribution in [0.4, 0.5) is 0 Å². The first-order valence-corrected chi connectivity index (χ1v) is 11.5. The van der Waals surface area contributed by atoms with Gasteiger partial charge in [-0.3, -0.25) is 18.9 Å². The number of carbonyl (C=O) groups excluding carboxylic acids is 1. The molecule has 1 saturated heterocycles. The number of aliphatic carboxylic acids is 1. The normalized spacial score (nSPS) is 15.8. The minimum atomic E-state index is -0.885. The molecule has 6 nitrogen and oxygen atoms in total. The molecule has 0 atom stereocenters. The van der Waals surface area contributed by atoms with Gasteiger partial charge in [-0.25, -0.2) is 4.98 Å². The number of fused-ring (bicyclic) bond motifs is 1. The van der Waals surface area contributed by atoms with Gasteiger partial charge in [0.25, 0.3) is 5.91 Å². The van der Waals surface area contributed by atoms with Gasteiger partial charge in [-0.2, -0.15) is 0 Å². The average molecular weight is 508 g/mol. The van der Waals surface area contributed by atoms with Crippen molar-refractivity contribution in [1.29, 1.82) is 0 Å². The number of aromatic nitrogens is 2. The first kappa shape index (κ1) is 20.3. The van der Waals surface area contributed by atoms with Crippen LogP contribution in [0.2, 0.25) is 0 Å². The molecular formula is C19H14BrN3O3S3. The molecule has 0 saturated carbocycles. The Balaban J connectivity index is 1.69. The maximum Gasteiger partial charge on any atom is 0.303 e. The fourth-order valence-corrected chi connectivity index (χ4v) is 5.24. The van der Waals surface area contributed by atoms with Crippen molar-refractivity contribution in [2.45, 2.75) is 12.8 Å². The molecule has 3 aromatic rings. The number of amides is 1. The lowest BCUT2D eigenvalue weighted by atomic mass is 10.1. The summed E-state index contributed by atoms with van der Waals surface area (Å²) in [5.74, 6) is -1.08. The summed E-state index contributed by atoms with van der Waals surface area (Å²) in [6.45, 7) is 0.300. The number of imidazole rings is 1. The van der Waals surface area contributed by atoms with Crippen molar-refractivity contribution in [3.8, 4) is 11.3 Å². The molecule has 1 aliphatic heterocycles. The Morgan fingerprint density at radius 3 is 2.79 bits per heavy atom. The molecule has 1 N–H and O–H groups in total. The van der Waals surface area contributed by atoms with E-state index in [1.54, 1.807) is 0 Å². The van der Waals surface area contributed by atoms with Crippen molar-refractivity contribution >= 4 is 78.5 Å². The zero-order valence-corrected chi connectivity index (χ0v) is 18.9. The standard InChI is InChI=1S/C19H14BrN3O3S3/c20-12-5-3-11(4-6-12)16-13(22-8-9-28-18(22)21-16)10-14-17(26)23(19(27)29-14)7-1-2-15(24)25/h3-6,8-10H,1-2,7H2,(H,24,25). The predicted molar refractivity (Wildman–Crippen MR) is 123 cm³/mol. The third-order valence-corrected chi connectivity index (χ3v) is 6.99. The number of carboxylic acid groups (broad SMARTS) is 1. The van der Waals surface area contributed by atoms with Crippen molar-refractivity contribution in [2.24, 2.45) is 0 Å². The second-order valence-corrected chi connectivity index (χ2v) is 9.70. The molecule has 4 rings (SSSR count). The number of nitrogens with zero attached hydrogens (tertiary/aromatic N) is 3. The molecule has 148 valence electrons. The van der Waals surface area contributed by atoms with Gasteiger partial charge in [-0.15, -0.1) is 11.3 Å². The van der Waals surface area contributed by atoms with Crippen molar-refractivity contribution < 1.29 is 14.7 Å². The number of benzene rings is 1. The van der Waals surface area contributed by atoms with Gasteiger partial charge in [0.2, 0.25) is 0 Å². The van der Waals surface area contributed by atoms with E-state index in [9.17, 15) is 9.59 Å². The summed E-state index contributed by atoms with van der Waals surface area (Å²) in [5, 5.41) is 10.8. The summed E-state index contributed by atoms with van der Waals surface area (Å²) in [6.07, 6.45) is 4.11. The van der Waals surface area contributed by atoms with Crippen LogP contribution in [0.15, 0.2) is 45.2 Å². The zero-order valence-electron chi connectivity index (χ0n) is 14.9. The SMILES string of the molecule is O=C(O)CCCN1C(=O)C(=Cc2c(-c3ccc(Br)cc3)nc3sccn23)SC1=S. The maximum absolute atomic E-state index is 12.9. The number of hydrogen-bond acceptors (Lipinski definition) is 6. The third kappa shape index (κ3) is 4.16. The highest BCUT2D eigenvalue weighted by Crippen LogP contribution is 2.36. The van der Waals surface area contributed by atoms with Crippen LogP contribution < -0.4 is 0 Å². The maximum atomic E-state index is 12.9. The summed E-state index contributed by atoms with van der Waals surface area (Å²) >= 11 is 11.5. The summed E-state index contributed by atoms with van der Waals surface area (Å²) < 4.78 is 3.38. The van der Waals surface area contributed by atoms with Crippen LogP contribution >= 0.6 is 51.2 Å². The van der Waals surface area contributed by atoms with Crippen molar-refractivity contribution in [1.82, 2.24) is 14.3 Å². The van der Waals surface area contributed by atoms with Crippen molar-refractivity contribution in [3.05, 3.63) is 50.9 Å². The van der Waals surface area contributed by atoms with Crippen LogP contribution in [-0.4, -0.2) is 42.1 Å². The lowest BCUT2D eigenvalue weighted by Gasteiger charge is -2.13. The zero-order chi connectivity index (χ0) is 20.5. The van der Waals surface area contributed by atoms with E-state index in [0.29, 0.717) is 22.2 Å². The minimum absolute atomic E-state index is 0.00196. The highest BCUT2D eigenvalue weighted by molar-refractivity contribution is 9.10. The fourth-order valence-electron chi connectivity index (χ4n) is 2.97. The minimum Gasteiger partial charge on any atom is -0.481 e. The van der Waals surface area contributed by atoms with Crippen LogP contribution in [-0.2, 0) is 9.59 Å². The Morgan fingerprint density at radius 1 is 1.31 bits per heavy atom. The van der Waals surface area contributed by atoms with E-state index in [-0.39, 0.29) is 12.3 Å². The Hall–Kier alpha value is -2.01. The van der Waals surface area contributed by atoms with Gasteiger partial charge in [-0.05, 0) is 24.6 Å². The average Bonchev–Trinajstić information content (AvgIpc) is 3.33. The highest BCUT2D eigenvalue weighted by Gasteiger charge is 2.32. The van der Waals surface area contributed by atoms with Gasteiger partial charge < -0.3 is 5.11 Å². The Bertz CT molecular complexity index is 1150. The van der Waals surface area contributed by atoms with E-state index >= 15 is 0 Å². The van der Waals surface area contributed by atoms with Crippen LogP contribution in [0.25, 0.3) is 22.3 Å². The van der Waals surface area contributed by atoms with Crippen LogP contribution in [0.5, 0.6) is 0 Å². The van der Waals surface area contributed by atoms with Crippen LogP contribution in [0.3, 0.4) is 0 Å². The first-order chi connectivity index (χ1) is 13.9. The highest BCUT2D eigenvalue weighted by atomic mass is 79.9. The van der Waals surface area contributed by atoms with E-state index in [2.05, 4.69) is 15.9 Å². The molecule has 3 heterocycles. The van der Waals surface area contributed by atoms with Gasteiger partial charge >= 0.3 is 5.97 Å². The van der Waals surface area contributed by atoms with Gasteiger partial charge in [0.05, 0.1) is 16.3 Å². The lowest BCUT2D eigenvalue weighted by Crippen LogP contribution is -2.29. The summed E-state index contributed by atoms with van der Waals surface area (Å²) in [6, 6.07) is 7.86. The van der Waals surface area contributed by atoms with E-state index < -0.39 is 5.97 Å². The third-order valence-electron chi connectivity index (χ3n) is 4.33. The molecular weight excluding hydrogens is 494 g/mol. The molecule has 1 fully saturated rings. The Labute approximate surface area is 188 Å². The molecule has 0 bridgehead atoms. The second kappa shape index (κ2) is 8.39. The number of halogens is 1. The Kier molecular flexibility index (Phi) is 5.86. The number of thioether (sulfide) groups is 1. The molecule has 1 aromatic carbocycles. The van der Waals surface area contributed by atoms with Crippen molar-refractivity contribution in [2.75, 3.05) is 6.54 Å². The van der Waals surface area contributed by atoms with E-state index in [1.807, 2.05) is 46.3 Å². The number of carboxylic acids is 1. The predicted octanol–water partition coefficient (Wildman–Crippen LogP) is 4.89. The molecule has 0 radical (unpaired) electrons. The molecule has 1 amide bonds. The number of thiocarbonyl (C=S) groups is 1. The van der Waals surface area contributed by atoms with Crippen LogP contribution in [0.1, 0.15) is 18.5 Å². The first-order valence-electron chi connectivity index (χ1n) is 8.62. The molecule has 0 aliphatic carbocycles. The molecule has 29 heavy (non-hydrogen) atoms. The smallest absolute Gasteiger partial charge is 0.303 e. The topological polar surface area (TPSA) is 74.9 Å².